The van der Waals surface area contributed by atoms with Crippen LogP contribution in [-0.2, 0) is 14.3 Å². The van der Waals surface area contributed by atoms with E-state index in [0.29, 0.717) is 5.57 Å². The minimum Gasteiger partial charge on any atom is -0.492 e. The van der Waals surface area contributed by atoms with Crippen molar-refractivity contribution in [3.8, 4) is 0 Å². The van der Waals surface area contributed by atoms with Gasteiger partial charge in [-0.25, -0.2) is 0 Å². The standard InChI is InChI=1S/C8H11NO3/c1-5(2)8(11)6(12-3)4-7(9)10/h4H,1H2,2-3H3,(H2,9,10). The molecule has 0 bridgehead atoms. The molecule has 0 aromatic carbocycles. The lowest BCUT2D eigenvalue weighted by Gasteiger charge is -2.02. The Hall–Kier alpha value is -1.58. The zero-order valence-corrected chi connectivity index (χ0v) is 7.09. The summed E-state index contributed by atoms with van der Waals surface area (Å²) in [6.45, 7) is 4.93. The Morgan fingerprint density at radius 2 is 2.00 bits per heavy atom. The number of hydrogen-bond acceptors (Lipinski definition) is 3. The van der Waals surface area contributed by atoms with Crippen LogP contribution < -0.4 is 5.73 Å². The second-order valence-electron chi connectivity index (χ2n) is 2.22. The molecule has 0 rings (SSSR count). The Morgan fingerprint density at radius 1 is 1.50 bits per heavy atom. The van der Waals surface area contributed by atoms with Crippen molar-refractivity contribution in [3.05, 3.63) is 24.0 Å². The van der Waals surface area contributed by atoms with E-state index in [1.165, 1.54) is 14.0 Å². The van der Waals surface area contributed by atoms with Crippen molar-refractivity contribution >= 4 is 11.7 Å². The van der Waals surface area contributed by atoms with Gasteiger partial charge in [-0.15, -0.1) is 0 Å². The molecule has 0 aliphatic heterocycles. The number of allylic oxidation sites excluding steroid dienone is 1. The first kappa shape index (κ1) is 10.4. The highest BCUT2D eigenvalue weighted by Gasteiger charge is 2.10. The van der Waals surface area contributed by atoms with Gasteiger partial charge in [0.05, 0.1) is 7.11 Å². The summed E-state index contributed by atoms with van der Waals surface area (Å²) in [6, 6.07) is 0. The first-order valence-electron chi connectivity index (χ1n) is 3.24. The lowest BCUT2D eigenvalue weighted by atomic mass is 10.2. The number of hydrogen-bond donors (Lipinski definition) is 1. The third kappa shape index (κ3) is 3.01. The van der Waals surface area contributed by atoms with Crippen LogP contribution in [0.1, 0.15) is 6.92 Å². The van der Waals surface area contributed by atoms with Crippen LogP contribution in [0.5, 0.6) is 0 Å². The number of methoxy groups -OCH3 is 1. The molecule has 0 unspecified atom stereocenters. The van der Waals surface area contributed by atoms with Crippen LogP contribution in [0.3, 0.4) is 0 Å². The number of carbonyl (C=O) groups is 2. The Bertz CT molecular complexity index is 253. The second-order valence-corrected chi connectivity index (χ2v) is 2.22. The molecule has 4 heteroatoms. The molecule has 0 saturated heterocycles. The molecular formula is C8H11NO3. The molecule has 0 aromatic rings. The number of ketones is 1. The van der Waals surface area contributed by atoms with Gasteiger partial charge in [0.25, 0.3) is 0 Å². The molecule has 0 spiro atoms. The van der Waals surface area contributed by atoms with Crippen molar-refractivity contribution in [2.75, 3.05) is 7.11 Å². The van der Waals surface area contributed by atoms with E-state index in [9.17, 15) is 9.59 Å². The van der Waals surface area contributed by atoms with E-state index in [-0.39, 0.29) is 5.76 Å². The average Bonchev–Trinajstić information content (AvgIpc) is 1.98. The van der Waals surface area contributed by atoms with Gasteiger partial charge in [0.15, 0.2) is 5.76 Å². The average molecular weight is 169 g/mol. The van der Waals surface area contributed by atoms with Gasteiger partial charge in [-0.3, -0.25) is 9.59 Å². The highest BCUT2D eigenvalue weighted by atomic mass is 16.5. The summed E-state index contributed by atoms with van der Waals surface area (Å²) in [4.78, 5) is 21.5. The fraction of sp³-hybridized carbons (Fsp3) is 0.250. The molecule has 0 fully saturated rings. The van der Waals surface area contributed by atoms with E-state index in [2.05, 4.69) is 11.3 Å². The zero-order chi connectivity index (χ0) is 9.72. The first-order chi connectivity index (χ1) is 5.49. The van der Waals surface area contributed by atoms with E-state index in [1.54, 1.807) is 0 Å². The molecule has 12 heavy (non-hydrogen) atoms. The monoisotopic (exact) mass is 169 g/mol. The van der Waals surface area contributed by atoms with Gasteiger partial charge < -0.3 is 10.5 Å². The minimum atomic E-state index is -0.721. The van der Waals surface area contributed by atoms with Crippen molar-refractivity contribution in [2.45, 2.75) is 6.92 Å². The van der Waals surface area contributed by atoms with Gasteiger partial charge in [0.2, 0.25) is 11.7 Å². The SMILES string of the molecule is C=C(C)C(=O)C(=CC(N)=O)OC. The predicted octanol–water partition coefficient (Wildman–Crippen LogP) is 0.147. The Kier molecular flexibility index (Phi) is 3.76. The molecule has 0 aliphatic carbocycles. The van der Waals surface area contributed by atoms with Gasteiger partial charge in [0.1, 0.15) is 0 Å². The molecule has 1 amide bonds. The largest absolute Gasteiger partial charge is 0.492 e. The maximum absolute atomic E-state index is 11.1. The maximum atomic E-state index is 11.1. The fourth-order valence-electron chi connectivity index (χ4n) is 0.557. The van der Waals surface area contributed by atoms with E-state index >= 15 is 0 Å². The quantitative estimate of drug-likeness (QED) is 0.481. The topological polar surface area (TPSA) is 69.4 Å². The highest BCUT2D eigenvalue weighted by molar-refractivity contribution is 6.09. The Labute approximate surface area is 70.7 Å². The summed E-state index contributed by atoms with van der Waals surface area (Å²) < 4.78 is 4.63. The fourth-order valence-corrected chi connectivity index (χ4v) is 0.557. The van der Waals surface area contributed by atoms with E-state index in [1.807, 2.05) is 0 Å². The van der Waals surface area contributed by atoms with Crippen LogP contribution in [0.25, 0.3) is 0 Å². The number of rotatable bonds is 4. The molecule has 0 saturated carbocycles. The van der Waals surface area contributed by atoms with Gasteiger partial charge in [-0.2, -0.15) is 0 Å². The Morgan fingerprint density at radius 3 is 2.25 bits per heavy atom. The van der Waals surface area contributed by atoms with Crippen LogP contribution in [0.15, 0.2) is 24.0 Å². The van der Waals surface area contributed by atoms with Crippen LogP contribution in [-0.4, -0.2) is 18.8 Å². The lowest BCUT2D eigenvalue weighted by molar-refractivity contribution is -0.117. The van der Waals surface area contributed by atoms with Crippen LogP contribution in [0.4, 0.5) is 0 Å². The molecule has 0 heterocycles. The van der Waals surface area contributed by atoms with Crippen LogP contribution >= 0.6 is 0 Å². The van der Waals surface area contributed by atoms with E-state index in [4.69, 9.17) is 5.73 Å². The smallest absolute Gasteiger partial charge is 0.245 e. The van der Waals surface area contributed by atoms with Crippen molar-refractivity contribution in [1.82, 2.24) is 0 Å². The summed E-state index contributed by atoms with van der Waals surface area (Å²) in [7, 11) is 1.29. The molecular weight excluding hydrogens is 158 g/mol. The number of Topliss-reactive ketones (excluding diaryl/α,β-unsaturated/α-hetero) is 1. The van der Waals surface area contributed by atoms with E-state index < -0.39 is 11.7 Å². The molecule has 0 aliphatic rings. The van der Waals surface area contributed by atoms with Crippen LogP contribution in [0, 0.1) is 0 Å². The molecule has 0 atom stereocenters. The number of ether oxygens (including phenoxy) is 1. The van der Waals surface area contributed by atoms with Crippen LogP contribution in [0.2, 0.25) is 0 Å². The second kappa shape index (κ2) is 4.33. The number of primary amides is 1. The van der Waals surface area contributed by atoms with Gasteiger partial charge in [-0.1, -0.05) is 6.58 Å². The van der Waals surface area contributed by atoms with Crippen molar-refractivity contribution in [2.24, 2.45) is 5.73 Å². The third-order valence-corrected chi connectivity index (χ3v) is 1.10. The predicted molar refractivity (Wildman–Crippen MR) is 44.1 cm³/mol. The maximum Gasteiger partial charge on any atom is 0.245 e. The first-order valence-corrected chi connectivity index (χ1v) is 3.24. The minimum absolute atomic E-state index is 0.0880. The van der Waals surface area contributed by atoms with Crippen molar-refractivity contribution in [1.29, 1.82) is 0 Å². The van der Waals surface area contributed by atoms with Crippen molar-refractivity contribution < 1.29 is 14.3 Å². The molecule has 4 nitrogen and oxygen atoms in total. The third-order valence-electron chi connectivity index (χ3n) is 1.10. The summed E-state index contributed by atoms with van der Waals surface area (Å²) >= 11 is 0. The number of nitrogens with two attached hydrogens (primary N) is 1. The molecule has 0 radical (unpaired) electrons. The summed E-state index contributed by atoms with van der Waals surface area (Å²) in [5.41, 5.74) is 5.13. The normalized spacial score (nSPS) is 10.7. The molecule has 0 aromatic heterocycles. The summed E-state index contributed by atoms with van der Waals surface area (Å²) in [6.07, 6.45) is 0.928. The molecule has 66 valence electrons. The van der Waals surface area contributed by atoms with Crippen molar-refractivity contribution in [3.63, 3.8) is 0 Å². The van der Waals surface area contributed by atoms with Gasteiger partial charge in [-0.05, 0) is 12.5 Å². The molecule has 2 N–H and O–H groups in total. The Balaban J connectivity index is 4.68. The van der Waals surface area contributed by atoms with Gasteiger partial charge in [0, 0.05) is 6.08 Å². The highest BCUT2D eigenvalue weighted by Crippen LogP contribution is 2.03. The zero-order valence-electron chi connectivity index (χ0n) is 7.09. The number of amides is 1. The lowest BCUT2D eigenvalue weighted by Crippen LogP contribution is -2.12. The summed E-state index contributed by atoms with van der Waals surface area (Å²) in [5.74, 6) is -1.23. The van der Waals surface area contributed by atoms with Gasteiger partial charge >= 0.3 is 0 Å². The summed E-state index contributed by atoms with van der Waals surface area (Å²) in [5, 5.41) is 0. The number of carbonyl (C=O) groups excluding carboxylic acids is 2. The van der Waals surface area contributed by atoms with E-state index in [0.717, 1.165) is 6.08 Å².